The molecule has 2 N–H and O–H groups in total. The number of hydrogen-bond acceptors (Lipinski definition) is 5. The highest BCUT2D eigenvalue weighted by Gasteiger charge is 2.06. The first-order valence-corrected chi connectivity index (χ1v) is 6.70. The SMILES string of the molecule is Cc1ccc(OCC(=O)O/N=C(\N)c2cccnc2)cc1C. The van der Waals surface area contributed by atoms with Gasteiger partial charge < -0.3 is 15.3 Å². The van der Waals surface area contributed by atoms with Crippen LogP contribution in [0.2, 0.25) is 0 Å². The Morgan fingerprint density at radius 1 is 1.27 bits per heavy atom. The van der Waals surface area contributed by atoms with Crippen molar-refractivity contribution in [2.24, 2.45) is 10.9 Å². The number of nitrogens with two attached hydrogens (primary N) is 1. The fraction of sp³-hybridized carbons (Fsp3) is 0.188. The number of hydrogen-bond donors (Lipinski definition) is 1. The minimum Gasteiger partial charge on any atom is -0.482 e. The second-order valence-electron chi connectivity index (χ2n) is 4.72. The Balaban J connectivity index is 1.86. The molecule has 1 aromatic heterocycles. The lowest BCUT2D eigenvalue weighted by molar-refractivity contribution is -0.146. The molecule has 0 bridgehead atoms. The molecular formula is C16H17N3O3. The number of aromatic nitrogens is 1. The van der Waals surface area contributed by atoms with Crippen molar-refractivity contribution in [3.63, 3.8) is 0 Å². The van der Waals surface area contributed by atoms with Crippen LogP contribution in [0.25, 0.3) is 0 Å². The van der Waals surface area contributed by atoms with E-state index >= 15 is 0 Å². The molecule has 1 aromatic carbocycles. The summed E-state index contributed by atoms with van der Waals surface area (Å²) >= 11 is 0. The van der Waals surface area contributed by atoms with Crippen LogP contribution >= 0.6 is 0 Å². The maximum Gasteiger partial charge on any atom is 0.372 e. The van der Waals surface area contributed by atoms with Crippen LogP contribution in [0.4, 0.5) is 0 Å². The summed E-state index contributed by atoms with van der Waals surface area (Å²) in [5.41, 5.74) is 8.50. The molecule has 0 aliphatic carbocycles. The molecule has 0 spiro atoms. The molecule has 0 amide bonds. The monoisotopic (exact) mass is 299 g/mol. The molecule has 0 saturated heterocycles. The van der Waals surface area contributed by atoms with Crippen LogP contribution in [0.5, 0.6) is 5.75 Å². The van der Waals surface area contributed by atoms with Crippen molar-refractivity contribution in [2.75, 3.05) is 6.61 Å². The van der Waals surface area contributed by atoms with Crippen molar-refractivity contribution in [1.29, 1.82) is 0 Å². The Bertz CT molecular complexity index is 684. The fourth-order valence-corrected chi connectivity index (χ4v) is 1.64. The van der Waals surface area contributed by atoms with Crippen molar-refractivity contribution in [2.45, 2.75) is 13.8 Å². The topological polar surface area (TPSA) is 86.8 Å². The van der Waals surface area contributed by atoms with E-state index in [1.165, 1.54) is 6.20 Å². The molecule has 6 heteroatoms. The second-order valence-corrected chi connectivity index (χ2v) is 4.72. The Kier molecular flexibility index (Phi) is 5.08. The van der Waals surface area contributed by atoms with Gasteiger partial charge in [0.15, 0.2) is 12.4 Å². The van der Waals surface area contributed by atoms with Crippen LogP contribution in [0.1, 0.15) is 16.7 Å². The smallest absolute Gasteiger partial charge is 0.372 e. The second kappa shape index (κ2) is 7.21. The highest BCUT2D eigenvalue weighted by Crippen LogP contribution is 2.16. The first-order chi connectivity index (χ1) is 10.6. The van der Waals surface area contributed by atoms with E-state index in [2.05, 4.69) is 10.1 Å². The number of aryl methyl sites for hydroxylation is 2. The van der Waals surface area contributed by atoms with Gasteiger partial charge in [0, 0.05) is 18.0 Å². The molecule has 0 radical (unpaired) electrons. The van der Waals surface area contributed by atoms with E-state index in [0.717, 1.165) is 11.1 Å². The normalized spacial score (nSPS) is 11.1. The predicted molar refractivity (Wildman–Crippen MR) is 82.5 cm³/mol. The minimum atomic E-state index is -0.634. The number of carbonyl (C=O) groups excluding carboxylic acids is 1. The van der Waals surface area contributed by atoms with E-state index in [4.69, 9.17) is 15.3 Å². The predicted octanol–water partition coefficient (Wildman–Crippen LogP) is 1.94. The molecule has 6 nitrogen and oxygen atoms in total. The average molecular weight is 299 g/mol. The molecule has 0 fully saturated rings. The zero-order valence-corrected chi connectivity index (χ0v) is 12.4. The standard InChI is InChI=1S/C16H17N3O3/c1-11-5-6-14(8-12(11)2)21-10-15(20)22-19-16(17)13-4-3-7-18-9-13/h3-9H,10H2,1-2H3,(H2,17,19). The third kappa shape index (κ3) is 4.31. The largest absolute Gasteiger partial charge is 0.482 e. The van der Waals surface area contributed by atoms with Gasteiger partial charge in [0.1, 0.15) is 5.75 Å². The number of pyridine rings is 1. The Labute approximate surface area is 128 Å². The van der Waals surface area contributed by atoms with E-state index in [1.54, 1.807) is 24.4 Å². The first kappa shape index (κ1) is 15.5. The van der Waals surface area contributed by atoms with Gasteiger partial charge in [-0.3, -0.25) is 4.98 Å². The summed E-state index contributed by atoms with van der Waals surface area (Å²) in [5.74, 6) is 0.0435. The Morgan fingerprint density at radius 2 is 2.09 bits per heavy atom. The molecule has 0 aliphatic rings. The van der Waals surface area contributed by atoms with E-state index < -0.39 is 5.97 Å². The van der Waals surface area contributed by atoms with Gasteiger partial charge in [-0.1, -0.05) is 11.2 Å². The molecule has 22 heavy (non-hydrogen) atoms. The zero-order chi connectivity index (χ0) is 15.9. The van der Waals surface area contributed by atoms with E-state index in [9.17, 15) is 4.79 Å². The summed E-state index contributed by atoms with van der Waals surface area (Å²) in [6.07, 6.45) is 3.14. The number of ether oxygens (including phenoxy) is 1. The van der Waals surface area contributed by atoms with E-state index in [-0.39, 0.29) is 12.4 Å². The van der Waals surface area contributed by atoms with Gasteiger partial charge in [-0.15, -0.1) is 0 Å². The van der Waals surface area contributed by atoms with Crippen molar-refractivity contribution >= 4 is 11.8 Å². The summed E-state index contributed by atoms with van der Waals surface area (Å²) in [7, 11) is 0. The van der Waals surface area contributed by atoms with Gasteiger partial charge in [0.05, 0.1) is 0 Å². The quantitative estimate of drug-likeness (QED) is 0.394. The molecule has 0 saturated carbocycles. The lowest BCUT2D eigenvalue weighted by Crippen LogP contribution is -2.18. The summed E-state index contributed by atoms with van der Waals surface area (Å²) in [6.45, 7) is 3.73. The van der Waals surface area contributed by atoms with Gasteiger partial charge in [-0.05, 0) is 49.2 Å². The van der Waals surface area contributed by atoms with E-state index in [1.807, 2.05) is 26.0 Å². The molecule has 0 unspecified atom stereocenters. The molecule has 2 rings (SSSR count). The van der Waals surface area contributed by atoms with Gasteiger partial charge in [0.2, 0.25) is 0 Å². The van der Waals surface area contributed by atoms with Crippen LogP contribution in [0.15, 0.2) is 47.9 Å². The van der Waals surface area contributed by atoms with Gasteiger partial charge in [-0.25, -0.2) is 4.79 Å². The van der Waals surface area contributed by atoms with Gasteiger partial charge in [-0.2, -0.15) is 0 Å². The maximum absolute atomic E-state index is 11.6. The van der Waals surface area contributed by atoms with Crippen molar-refractivity contribution in [3.05, 3.63) is 59.4 Å². The number of nitrogens with zero attached hydrogens (tertiary/aromatic N) is 2. The molecule has 0 atom stereocenters. The molecular weight excluding hydrogens is 282 g/mol. The third-order valence-corrected chi connectivity index (χ3v) is 3.04. The number of oxime groups is 1. The summed E-state index contributed by atoms with van der Waals surface area (Å²) in [4.78, 5) is 20.2. The van der Waals surface area contributed by atoms with Crippen LogP contribution in [0, 0.1) is 13.8 Å². The Hall–Kier alpha value is -2.89. The maximum atomic E-state index is 11.6. The summed E-state index contributed by atoms with van der Waals surface area (Å²) in [5, 5.41) is 3.56. The highest BCUT2D eigenvalue weighted by atomic mass is 16.7. The van der Waals surface area contributed by atoms with Crippen LogP contribution in [-0.4, -0.2) is 23.4 Å². The molecule has 0 aliphatic heterocycles. The van der Waals surface area contributed by atoms with Crippen LogP contribution in [-0.2, 0) is 9.63 Å². The number of rotatable bonds is 5. The first-order valence-electron chi connectivity index (χ1n) is 6.70. The molecule has 2 aromatic rings. The minimum absolute atomic E-state index is 0.0765. The lowest BCUT2D eigenvalue weighted by atomic mass is 10.1. The Morgan fingerprint density at radius 3 is 2.77 bits per heavy atom. The van der Waals surface area contributed by atoms with Gasteiger partial charge >= 0.3 is 5.97 Å². The average Bonchev–Trinajstić information content (AvgIpc) is 2.54. The number of amidine groups is 1. The fourth-order valence-electron chi connectivity index (χ4n) is 1.64. The van der Waals surface area contributed by atoms with Crippen molar-refractivity contribution in [1.82, 2.24) is 4.98 Å². The van der Waals surface area contributed by atoms with Gasteiger partial charge in [0.25, 0.3) is 0 Å². The zero-order valence-electron chi connectivity index (χ0n) is 12.4. The third-order valence-electron chi connectivity index (χ3n) is 3.04. The highest BCUT2D eigenvalue weighted by molar-refractivity contribution is 5.97. The number of benzene rings is 1. The number of carbonyl (C=O) groups is 1. The molecule has 114 valence electrons. The van der Waals surface area contributed by atoms with Crippen molar-refractivity contribution in [3.8, 4) is 5.75 Å². The summed E-state index contributed by atoms with van der Waals surface area (Å²) in [6, 6.07) is 9.00. The van der Waals surface area contributed by atoms with Crippen LogP contribution in [0.3, 0.4) is 0 Å². The molecule has 1 heterocycles. The lowest BCUT2D eigenvalue weighted by Gasteiger charge is -2.06. The van der Waals surface area contributed by atoms with Crippen molar-refractivity contribution < 1.29 is 14.4 Å². The van der Waals surface area contributed by atoms with Crippen LogP contribution < -0.4 is 10.5 Å². The van der Waals surface area contributed by atoms with E-state index in [0.29, 0.717) is 11.3 Å². The summed E-state index contributed by atoms with van der Waals surface area (Å²) < 4.78 is 5.34.